The molecule has 1 aliphatic heterocycles. The first-order chi connectivity index (χ1) is 8.74. The highest BCUT2D eigenvalue weighted by Gasteiger charge is 2.10. The zero-order valence-electron chi connectivity index (χ0n) is 10.9. The molecule has 1 aliphatic rings. The summed E-state index contributed by atoms with van der Waals surface area (Å²) in [5, 5.41) is 6.18. The molecule has 1 saturated heterocycles. The molecule has 0 spiro atoms. The number of nitrogens with zero attached hydrogens (tertiary/aromatic N) is 1. The Hall–Kier alpha value is -1.55. The van der Waals surface area contributed by atoms with Crippen LogP contribution in [0, 0.1) is 0 Å². The molecule has 1 fully saturated rings. The van der Waals surface area contributed by atoms with Crippen LogP contribution in [0.25, 0.3) is 0 Å². The van der Waals surface area contributed by atoms with E-state index in [1.165, 1.54) is 32.9 Å². The minimum atomic E-state index is -0.0378. The average molecular weight is 247 g/mol. The molecule has 4 nitrogen and oxygen atoms in total. The van der Waals surface area contributed by atoms with E-state index in [1.54, 1.807) is 0 Å². The van der Waals surface area contributed by atoms with Gasteiger partial charge in [-0.15, -0.1) is 0 Å². The molecule has 0 aliphatic carbocycles. The Labute approximate surface area is 108 Å². The second-order valence-corrected chi connectivity index (χ2v) is 4.74. The van der Waals surface area contributed by atoms with Gasteiger partial charge < -0.3 is 15.5 Å². The lowest BCUT2D eigenvalue weighted by molar-refractivity contribution is -0.114. The number of carbonyl (C=O) groups excluding carboxylic acids is 1. The number of amides is 1. The van der Waals surface area contributed by atoms with Gasteiger partial charge in [0.25, 0.3) is 0 Å². The van der Waals surface area contributed by atoms with Crippen molar-refractivity contribution >= 4 is 17.3 Å². The molecular formula is C14H21N3O. The minimum absolute atomic E-state index is 0.0378. The van der Waals surface area contributed by atoms with Crippen LogP contribution in [0.3, 0.4) is 0 Å². The number of hydrogen-bond acceptors (Lipinski definition) is 3. The van der Waals surface area contributed by atoms with Gasteiger partial charge in [0.05, 0.1) is 0 Å². The third-order valence-corrected chi connectivity index (χ3v) is 3.14. The summed E-state index contributed by atoms with van der Waals surface area (Å²) in [7, 11) is 0. The van der Waals surface area contributed by atoms with Gasteiger partial charge in [0, 0.05) is 31.4 Å². The van der Waals surface area contributed by atoms with E-state index in [0.717, 1.165) is 24.5 Å². The number of rotatable bonds is 5. The second kappa shape index (κ2) is 6.40. The smallest absolute Gasteiger partial charge is 0.221 e. The third-order valence-electron chi connectivity index (χ3n) is 3.14. The lowest BCUT2D eigenvalue weighted by atomic mass is 10.2. The topological polar surface area (TPSA) is 44.4 Å². The van der Waals surface area contributed by atoms with E-state index in [9.17, 15) is 4.79 Å². The van der Waals surface area contributed by atoms with Crippen LogP contribution < -0.4 is 10.6 Å². The Balaban J connectivity index is 1.79. The lowest BCUT2D eigenvalue weighted by Gasteiger charge is -2.15. The van der Waals surface area contributed by atoms with Crippen molar-refractivity contribution in [3.8, 4) is 0 Å². The Bertz CT molecular complexity index is 400. The molecule has 1 aromatic carbocycles. The van der Waals surface area contributed by atoms with Crippen molar-refractivity contribution in [3.05, 3.63) is 24.3 Å². The third kappa shape index (κ3) is 4.04. The van der Waals surface area contributed by atoms with Crippen molar-refractivity contribution in [2.75, 3.05) is 36.8 Å². The summed E-state index contributed by atoms with van der Waals surface area (Å²) >= 11 is 0. The number of nitrogens with one attached hydrogen (secondary N) is 2. The molecule has 0 radical (unpaired) electrons. The highest BCUT2D eigenvalue weighted by atomic mass is 16.1. The summed E-state index contributed by atoms with van der Waals surface area (Å²) in [6.07, 6.45) is 2.66. The molecule has 0 atom stereocenters. The van der Waals surface area contributed by atoms with Crippen LogP contribution in [0.15, 0.2) is 24.3 Å². The van der Waals surface area contributed by atoms with Gasteiger partial charge >= 0.3 is 0 Å². The van der Waals surface area contributed by atoms with Crippen molar-refractivity contribution < 1.29 is 4.79 Å². The largest absolute Gasteiger partial charge is 0.384 e. The summed E-state index contributed by atoms with van der Waals surface area (Å²) < 4.78 is 0. The standard InChI is InChI=1S/C14H21N3O/c1-12(18)16-14-6-4-5-13(11-14)15-7-10-17-8-2-3-9-17/h4-6,11,15H,2-3,7-10H2,1H3,(H,16,18). The molecule has 98 valence electrons. The Morgan fingerprint density at radius 2 is 2.00 bits per heavy atom. The van der Waals surface area contributed by atoms with Crippen LogP contribution in [-0.2, 0) is 4.79 Å². The maximum absolute atomic E-state index is 11.0. The monoisotopic (exact) mass is 247 g/mol. The average Bonchev–Trinajstić information content (AvgIpc) is 2.82. The SMILES string of the molecule is CC(=O)Nc1cccc(NCCN2CCCC2)c1. The van der Waals surface area contributed by atoms with Crippen molar-refractivity contribution in [1.82, 2.24) is 4.90 Å². The van der Waals surface area contributed by atoms with Gasteiger partial charge in [0.15, 0.2) is 0 Å². The van der Waals surface area contributed by atoms with E-state index in [0.29, 0.717) is 0 Å². The normalized spacial score (nSPS) is 15.6. The number of carbonyl (C=O) groups is 1. The highest BCUT2D eigenvalue weighted by Crippen LogP contribution is 2.15. The molecule has 1 heterocycles. The summed E-state index contributed by atoms with van der Waals surface area (Å²) in [5.74, 6) is -0.0378. The van der Waals surface area contributed by atoms with E-state index in [4.69, 9.17) is 0 Å². The zero-order valence-corrected chi connectivity index (χ0v) is 10.9. The van der Waals surface area contributed by atoms with Gasteiger partial charge in [0.2, 0.25) is 5.91 Å². The summed E-state index contributed by atoms with van der Waals surface area (Å²) in [5.41, 5.74) is 1.90. The van der Waals surface area contributed by atoms with Crippen molar-refractivity contribution in [3.63, 3.8) is 0 Å². The molecule has 0 saturated carbocycles. The first-order valence-corrected chi connectivity index (χ1v) is 6.58. The maximum atomic E-state index is 11.0. The van der Waals surface area contributed by atoms with Gasteiger partial charge in [-0.2, -0.15) is 0 Å². The van der Waals surface area contributed by atoms with Crippen molar-refractivity contribution in [2.24, 2.45) is 0 Å². The fourth-order valence-electron chi connectivity index (χ4n) is 2.27. The second-order valence-electron chi connectivity index (χ2n) is 4.74. The van der Waals surface area contributed by atoms with Crippen LogP contribution in [-0.4, -0.2) is 37.0 Å². The molecule has 1 amide bonds. The zero-order chi connectivity index (χ0) is 12.8. The quantitative estimate of drug-likeness (QED) is 0.838. The van der Waals surface area contributed by atoms with Gasteiger partial charge in [-0.05, 0) is 44.1 Å². The molecular weight excluding hydrogens is 226 g/mol. The van der Waals surface area contributed by atoms with E-state index in [2.05, 4.69) is 15.5 Å². The molecule has 0 unspecified atom stereocenters. The molecule has 1 aromatic rings. The van der Waals surface area contributed by atoms with Crippen molar-refractivity contribution in [1.29, 1.82) is 0 Å². The summed E-state index contributed by atoms with van der Waals surface area (Å²) in [6, 6.07) is 7.83. The van der Waals surface area contributed by atoms with E-state index >= 15 is 0 Å². The molecule has 18 heavy (non-hydrogen) atoms. The fraction of sp³-hybridized carbons (Fsp3) is 0.500. The van der Waals surface area contributed by atoms with Gasteiger partial charge in [-0.25, -0.2) is 0 Å². The predicted octanol–water partition coefficient (Wildman–Crippen LogP) is 2.15. The van der Waals surface area contributed by atoms with Crippen LogP contribution in [0.5, 0.6) is 0 Å². The lowest BCUT2D eigenvalue weighted by Crippen LogP contribution is -2.25. The summed E-state index contributed by atoms with van der Waals surface area (Å²) in [6.45, 7) is 6.02. The fourth-order valence-corrected chi connectivity index (χ4v) is 2.27. The first-order valence-electron chi connectivity index (χ1n) is 6.58. The van der Waals surface area contributed by atoms with E-state index in [1.807, 2.05) is 24.3 Å². The molecule has 0 bridgehead atoms. The van der Waals surface area contributed by atoms with Crippen molar-refractivity contribution in [2.45, 2.75) is 19.8 Å². The van der Waals surface area contributed by atoms with E-state index < -0.39 is 0 Å². The Kier molecular flexibility index (Phi) is 4.59. The van der Waals surface area contributed by atoms with Crippen LogP contribution in [0.4, 0.5) is 11.4 Å². The summed E-state index contributed by atoms with van der Waals surface area (Å²) in [4.78, 5) is 13.5. The number of benzene rings is 1. The van der Waals surface area contributed by atoms with Gasteiger partial charge in [-0.1, -0.05) is 6.07 Å². The van der Waals surface area contributed by atoms with Crippen LogP contribution in [0.2, 0.25) is 0 Å². The van der Waals surface area contributed by atoms with Gasteiger partial charge in [-0.3, -0.25) is 4.79 Å². The highest BCUT2D eigenvalue weighted by molar-refractivity contribution is 5.89. The number of hydrogen-bond donors (Lipinski definition) is 2. The Morgan fingerprint density at radius 3 is 2.72 bits per heavy atom. The molecule has 4 heteroatoms. The molecule has 2 rings (SSSR count). The van der Waals surface area contributed by atoms with Crippen LogP contribution in [0.1, 0.15) is 19.8 Å². The van der Waals surface area contributed by atoms with Gasteiger partial charge in [0.1, 0.15) is 0 Å². The minimum Gasteiger partial charge on any atom is -0.384 e. The molecule has 2 N–H and O–H groups in total. The predicted molar refractivity (Wildman–Crippen MR) is 74.9 cm³/mol. The van der Waals surface area contributed by atoms with E-state index in [-0.39, 0.29) is 5.91 Å². The van der Waals surface area contributed by atoms with Crippen LogP contribution >= 0.6 is 0 Å². The Morgan fingerprint density at radius 1 is 1.28 bits per heavy atom. The molecule has 0 aromatic heterocycles. The first kappa shape index (κ1) is 12.9. The maximum Gasteiger partial charge on any atom is 0.221 e. The number of likely N-dealkylation sites (tertiary alicyclic amines) is 1. The number of anilines is 2.